The molecular formula is C24H26FN3O3. The van der Waals surface area contributed by atoms with Gasteiger partial charge in [0.25, 0.3) is 0 Å². The number of rotatable bonds is 6. The van der Waals surface area contributed by atoms with Gasteiger partial charge in [0.05, 0.1) is 17.4 Å². The number of carbonyl (C=O) groups excluding carboxylic acids is 1. The number of amides is 1. The molecule has 0 unspecified atom stereocenters. The van der Waals surface area contributed by atoms with Crippen LogP contribution < -0.4 is 10.6 Å². The highest BCUT2D eigenvalue weighted by molar-refractivity contribution is 5.89. The smallest absolute Gasteiger partial charge is 0.221 e. The Labute approximate surface area is 180 Å². The van der Waals surface area contributed by atoms with Crippen LogP contribution in [0.15, 0.2) is 47.0 Å². The number of aromatic hydroxyl groups is 1. The summed E-state index contributed by atoms with van der Waals surface area (Å²) in [5, 5.41) is 16.7. The van der Waals surface area contributed by atoms with Crippen molar-refractivity contribution in [1.29, 1.82) is 0 Å². The minimum Gasteiger partial charge on any atom is -0.507 e. The molecule has 1 amide bonds. The Morgan fingerprint density at radius 3 is 2.77 bits per heavy atom. The SMILES string of the molecule is CC(=O)Nc1ccc(-c2cccc(-c3cnc(CCC4CCNCC4)o3)c2O)cc1F. The molecule has 0 spiro atoms. The van der Waals surface area contributed by atoms with Crippen molar-refractivity contribution in [3.8, 4) is 28.2 Å². The molecule has 0 bridgehead atoms. The van der Waals surface area contributed by atoms with Gasteiger partial charge in [-0.3, -0.25) is 4.79 Å². The van der Waals surface area contributed by atoms with Crippen molar-refractivity contribution >= 4 is 11.6 Å². The van der Waals surface area contributed by atoms with Crippen LogP contribution in [0.4, 0.5) is 10.1 Å². The van der Waals surface area contributed by atoms with Gasteiger partial charge in [0, 0.05) is 18.9 Å². The zero-order chi connectivity index (χ0) is 21.8. The van der Waals surface area contributed by atoms with Crippen molar-refractivity contribution in [3.05, 3.63) is 54.3 Å². The van der Waals surface area contributed by atoms with Crippen molar-refractivity contribution in [1.82, 2.24) is 10.3 Å². The number of oxazole rings is 1. The van der Waals surface area contributed by atoms with Gasteiger partial charge >= 0.3 is 0 Å². The fourth-order valence-electron chi connectivity index (χ4n) is 4.00. The third-order valence-corrected chi connectivity index (χ3v) is 5.67. The van der Waals surface area contributed by atoms with E-state index in [1.54, 1.807) is 30.5 Å². The third-order valence-electron chi connectivity index (χ3n) is 5.67. The summed E-state index contributed by atoms with van der Waals surface area (Å²) in [5.41, 5.74) is 1.57. The summed E-state index contributed by atoms with van der Waals surface area (Å²) >= 11 is 0. The summed E-state index contributed by atoms with van der Waals surface area (Å²) in [7, 11) is 0. The standard InChI is InChI=1S/C24H26FN3O3/c1-15(29)28-21-7-6-17(13-20(21)25)18-3-2-4-19(24(18)30)22-14-27-23(31-22)8-5-16-9-11-26-12-10-16/h2-4,6-7,13-14,16,26,30H,5,8-12H2,1H3,(H,28,29). The first kappa shape index (κ1) is 21.1. The van der Waals surface area contributed by atoms with Crippen LogP contribution in [0.3, 0.4) is 0 Å². The van der Waals surface area contributed by atoms with Gasteiger partial charge in [0.1, 0.15) is 11.6 Å². The van der Waals surface area contributed by atoms with Gasteiger partial charge in [-0.15, -0.1) is 0 Å². The molecule has 2 heterocycles. The van der Waals surface area contributed by atoms with Crippen LogP contribution in [0.1, 0.15) is 32.1 Å². The van der Waals surface area contributed by atoms with Crippen molar-refractivity contribution in [3.63, 3.8) is 0 Å². The number of nitrogens with one attached hydrogen (secondary N) is 2. The molecule has 4 rings (SSSR count). The lowest BCUT2D eigenvalue weighted by Gasteiger charge is -2.21. The predicted molar refractivity (Wildman–Crippen MR) is 117 cm³/mol. The molecule has 162 valence electrons. The van der Waals surface area contributed by atoms with Crippen LogP contribution in [-0.2, 0) is 11.2 Å². The molecule has 2 aromatic carbocycles. The van der Waals surface area contributed by atoms with Crippen LogP contribution >= 0.6 is 0 Å². The highest BCUT2D eigenvalue weighted by Gasteiger charge is 2.18. The Hall–Kier alpha value is -3.19. The summed E-state index contributed by atoms with van der Waals surface area (Å²) in [6.45, 7) is 3.45. The largest absolute Gasteiger partial charge is 0.507 e. The third kappa shape index (κ3) is 4.94. The summed E-state index contributed by atoms with van der Waals surface area (Å²) < 4.78 is 20.3. The molecule has 1 aromatic heterocycles. The molecule has 1 aliphatic heterocycles. The number of phenolic OH excluding ortho intramolecular Hbond substituents is 1. The molecule has 1 fully saturated rings. The molecule has 7 heteroatoms. The quantitative estimate of drug-likeness (QED) is 0.533. The Kier molecular flexibility index (Phi) is 6.32. The van der Waals surface area contributed by atoms with Crippen molar-refractivity contribution in [2.45, 2.75) is 32.6 Å². The van der Waals surface area contributed by atoms with E-state index in [1.165, 1.54) is 31.9 Å². The molecule has 31 heavy (non-hydrogen) atoms. The lowest BCUT2D eigenvalue weighted by Crippen LogP contribution is -2.27. The Bertz CT molecular complexity index is 1070. The van der Waals surface area contributed by atoms with Crippen LogP contribution in [0.2, 0.25) is 0 Å². The highest BCUT2D eigenvalue weighted by Crippen LogP contribution is 2.39. The van der Waals surface area contributed by atoms with Crippen molar-refractivity contribution < 1.29 is 18.7 Å². The number of hydrogen-bond acceptors (Lipinski definition) is 5. The van der Waals surface area contributed by atoms with E-state index in [0.717, 1.165) is 25.9 Å². The Balaban J connectivity index is 1.53. The molecule has 1 aliphatic rings. The van der Waals surface area contributed by atoms with E-state index in [2.05, 4.69) is 15.6 Å². The molecule has 0 aliphatic carbocycles. The normalized spacial score (nSPS) is 14.5. The first-order valence-corrected chi connectivity index (χ1v) is 10.6. The van der Waals surface area contributed by atoms with Gasteiger partial charge in [-0.2, -0.15) is 0 Å². The number of aromatic nitrogens is 1. The van der Waals surface area contributed by atoms with Gasteiger partial charge < -0.3 is 20.2 Å². The summed E-state index contributed by atoms with van der Waals surface area (Å²) in [5.74, 6) is 0.896. The molecular weight excluding hydrogens is 397 g/mol. The van der Waals surface area contributed by atoms with Crippen molar-refractivity contribution in [2.75, 3.05) is 18.4 Å². The van der Waals surface area contributed by atoms with E-state index in [9.17, 15) is 14.3 Å². The number of aryl methyl sites for hydroxylation is 1. The molecule has 0 saturated carbocycles. The van der Waals surface area contributed by atoms with E-state index >= 15 is 0 Å². The van der Waals surface area contributed by atoms with Gasteiger partial charge in [0.15, 0.2) is 11.7 Å². The van der Waals surface area contributed by atoms with Gasteiger partial charge in [-0.25, -0.2) is 9.37 Å². The summed E-state index contributed by atoms with van der Waals surface area (Å²) in [4.78, 5) is 15.6. The molecule has 6 nitrogen and oxygen atoms in total. The maximum Gasteiger partial charge on any atom is 0.221 e. The van der Waals surface area contributed by atoms with Crippen LogP contribution in [0.5, 0.6) is 5.75 Å². The number of anilines is 1. The summed E-state index contributed by atoms with van der Waals surface area (Å²) in [6.07, 6.45) is 5.77. The zero-order valence-electron chi connectivity index (χ0n) is 17.5. The fraction of sp³-hybridized carbons (Fsp3) is 0.333. The maximum absolute atomic E-state index is 14.4. The highest BCUT2D eigenvalue weighted by atomic mass is 19.1. The zero-order valence-corrected chi connectivity index (χ0v) is 17.5. The predicted octanol–water partition coefficient (Wildman–Crippen LogP) is 4.74. The number of nitrogens with zero attached hydrogens (tertiary/aromatic N) is 1. The minimum absolute atomic E-state index is 0.00441. The Morgan fingerprint density at radius 2 is 2.03 bits per heavy atom. The molecule has 3 N–H and O–H groups in total. The summed E-state index contributed by atoms with van der Waals surface area (Å²) in [6, 6.07) is 9.65. The molecule has 1 saturated heterocycles. The van der Waals surface area contributed by atoms with E-state index < -0.39 is 5.82 Å². The second kappa shape index (κ2) is 9.31. The molecule has 0 radical (unpaired) electrons. The molecule has 3 aromatic rings. The second-order valence-corrected chi connectivity index (χ2v) is 7.93. The van der Waals surface area contributed by atoms with Crippen LogP contribution in [-0.4, -0.2) is 29.1 Å². The number of halogens is 1. The Morgan fingerprint density at radius 1 is 1.26 bits per heavy atom. The lowest BCUT2D eigenvalue weighted by atomic mass is 9.93. The fourth-order valence-corrected chi connectivity index (χ4v) is 4.00. The first-order valence-electron chi connectivity index (χ1n) is 10.6. The van der Waals surface area contributed by atoms with Gasteiger partial charge in [0.2, 0.25) is 5.91 Å². The van der Waals surface area contributed by atoms with Crippen molar-refractivity contribution in [2.24, 2.45) is 5.92 Å². The first-order chi connectivity index (χ1) is 15.0. The minimum atomic E-state index is -0.572. The number of benzene rings is 2. The second-order valence-electron chi connectivity index (χ2n) is 7.93. The van der Waals surface area contributed by atoms with Gasteiger partial charge in [-0.05, 0) is 62.0 Å². The van der Waals surface area contributed by atoms with Crippen LogP contribution in [0.25, 0.3) is 22.5 Å². The topological polar surface area (TPSA) is 87.4 Å². The number of hydrogen-bond donors (Lipinski definition) is 3. The molecule has 0 atom stereocenters. The average molecular weight is 423 g/mol. The monoisotopic (exact) mass is 423 g/mol. The van der Waals surface area contributed by atoms with Gasteiger partial charge in [-0.1, -0.05) is 18.2 Å². The van der Waals surface area contributed by atoms with E-state index in [4.69, 9.17) is 4.42 Å². The number of para-hydroxylation sites is 1. The van der Waals surface area contributed by atoms with Crippen LogP contribution in [0, 0.1) is 11.7 Å². The average Bonchev–Trinajstić information content (AvgIpc) is 3.23. The number of carbonyl (C=O) groups is 1. The van der Waals surface area contributed by atoms with E-state index in [1.807, 2.05) is 0 Å². The number of phenols is 1. The van der Waals surface area contributed by atoms with E-state index in [0.29, 0.717) is 34.3 Å². The maximum atomic E-state index is 14.4. The lowest BCUT2D eigenvalue weighted by molar-refractivity contribution is -0.114. The van der Waals surface area contributed by atoms with E-state index in [-0.39, 0.29) is 17.3 Å². The number of piperidine rings is 1.